The number of benzene rings is 2. The first kappa shape index (κ1) is 20.4. The molecular weight excluding hydrogens is 396 g/mol. The summed E-state index contributed by atoms with van der Waals surface area (Å²) in [5.41, 5.74) is 0.0456. The lowest BCUT2D eigenvalue weighted by Gasteiger charge is -2.24. The van der Waals surface area contributed by atoms with Crippen LogP contribution in [0.15, 0.2) is 59.8 Å². The van der Waals surface area contributed by atoms with E-state index in [9.17, 15) is 14.7 Å². The molecule has 3 rings (SSSR count). The molecule has 0 spiro atoms. The predicted octanol–water partition coefficient (Wildman–Crippen LogP) is 3.99. The SMILES string of the molecule is COc1ccc(Cl)cc1NC(=O)C1(CC(=O)O)CC(C=Cc2ccccc2)=NO1. The normalized spacial score (nSPS) is 18.2. The van der Waals surface area contributed by atoms with Crippen molar-refractivity contribution in [3.63, 3.8) is 0 Å². The number of oxime groups is 1. The number of carboxylic acid groups (broad SMARTS) is 1. The van der Waals surface area contributed by atoms with Gasteiger partial charge in [-0.25, -0.2) is 0 Å². The number of carbonyl (C=O) groups excluding carboxylic acids is 1. The van der Waals surface area contributed by atoms with E-state index in [1.54, 1.807) is 18.2 Å². The highest BCUT2D eigenvalue weighted by molar-refractivity contribution is 6.31. The molecule has 1 aliphatic heterocycles. The van der Waals surface area contributed by atoms with Crippen LogP contribution in [-0.4, -0.2) is 35.4 Å². The van der Waals surface area contributed by atoms with Gasteiger partial charge >= 0.3 is 5.97 Å². The predicted molar refractivity (Wildman–Crippen MR) is 110 cm³/mol. The van der Waals surface area contributed by atoms with Gasteiger partial charge in [0.1, 0.15) is 5.75 Å². The van der Waals surface area contributed by atoms with E-state index in [4.69, 9.17) is 21.2 Å². The molecule has 2 aromatic carbocycles. The fraction of sp³-hybridized carbons (Fsp3) is 0.190. The fourth-order valence-electron chi connectivity index (χ4n) is 2.90. The van der Waals surface area contributed by atoms with Gasteiger partial charge in [-0.1, -0.05) is 53.2 Å². The number of hydrogen-bond donors (Lipinski definition) is 2. The molecule has 2 N–H and O–H groups in total. The van der Waals surface area contributed by atoms with E-state index in [0.29, 0.717) is 22.2 Å². The maximum Gasteiger partial charge on any atom is 0.308 e. The number of nitrogens with one attached hydrogen (secondary N) is 1. The summed E-state index contributed by atoms with van der Waals surface area (Å²) in [6.45, 7) is 0. The number of methoxy groups -OCH3 is 1. The van der Waals surface area contributed by atoms with Crippen LogP contribution in [0.4, 0.5) is 5.69 Å². The van der Waals surface area contributed by atoms with Gasteiger partial charge in [-0.05, 0) is 29.8 Å². The minimum absolute atomic E-state index is 0.0113. The van der Waals surface area contributed by atoms with Crippen molar-refractivity contribution in [2.24, 2.45) is 5.16 Å². The lowest BCUT2D eigenvalue weighted by molar-refractivity contribution is -0.152. The van der Waals surface area contributed by atoms with E-state index in [1.807, 2.05) is 36.4 Å². The van der Waals surface area contributed by atoms with E-state index in [2.05, 4.69) is 10.5 Å². The Morgan fingerprint density at radius 3 is 2.72 bits per heavy atom. The molecule has 1 unspecified atom stereocenters. The third kappa shape index (κ3) is 4.94. The van der Waals surface area contributed by atoms with Crippen molar-refractivity contribution in [1.82, 2.24) is 0 Å². The molecule has 1 amide bonds. The van der Waals surface area contributed by atoms with E-state index in [-0.39, 0.29) is 6.42 Å². The van der Waals surface area contributed by atoms with Crippen LogP contribution in [0.1, 0.15) is 18.4 Å². The monoisotopic (exact) mass is 414 g/mol. The average molecular weight is 415 g/mol. The topological polar surface area (TPSA) is 97.2 Å². The second-order valence-corrected chi connectivity index (χ2v) is 6.89. The number of amides is 1. The van der Waals surface area contributed by atoms with Crippen molar-refractivity contribution in [2.75, 3.05) is 12.4 Å². The van der Waals surface area contributed by atoms with Crippen molar-refractivity contribution in [3.05, 3.63) is 65.2 Å². The number of anilines is 1. The van der Waals surface area contributed by atoms with Gasteiger partial charge in [-0.3, -0.25) is 9.59 Å². The van der Waals surface area contributed by atoms with Crippen molar-refractivity contribution < 1.29 is 24.3 Å². The van der Waals surface area contributed by atoms with Crippen molar-refractivity contribution in [2.45, 2.75) is 18.4 Å². The molecule has 29 heavy (non-hydrogen) atoms. The first-order valence-electron chi connectivity index (χ1n) is 8.77. The molecule has 8 heteroatoms. The van der Waals surface area contributed by atoms with Gasteiger partial charge in [-0.15, -0.1) is 0 Å². The molecule has 7 nitrogen and oxygen atoms in total. The minimum Gasteiger partial charge on any atom is -0.495 e. The second kappa shape index (κ2) is 8.79. The Morgan fingerprint density at radius 1 is 1.28 bits per heavy atom. The third-order valence-corrected chi connectivity index (χ3v) is 4.57. The van der Waals surface area contributed by atoms with Crippen LogP contribution in [-0.2, 0) is 14.4 Å². The number of ether oxygens (including phenoxy) is 1. The summed E-state index contributed by atoms with van der Waals surface area (Å²) >= 11 is 5.99. The largest absolute Gasteiger partial charge is 0.495 e. The second-order valence-electron chi connectivity index (χ2n) is 6.46. The average Bonchev–Trinajstić information content (AvgIpc) is 3.11. The van der Waals surface area contributed by atoms with Gasteiger partial charge in [0, 0.05) is 11.4 Å². The number of aliphatic carboxylic acids is 1. The zero-order chi connectivity index (χ0) is 20.9. The molecule has 1 heterocycles. The van der Waals surface area contributed by atoms with Gasteiger partial charge in [0.25, 0.3) is 5.91 Å². The summed E-state index contributed by atoms with van der Waals surface area (Å²) in [6, 6.07) is 14.2. The molecule has 1 aliphatic rings. The van der Waals surface area contributed by atoms with Gasteiger partial charge in [0.15, 0.2) is 0 Å². The van der Waals surface area contributed by atoms with Gasteiger partial charge in [0.05, 0.1) is 24.9 Å². The van der Waals surface area contributed by atoms with E-state index in [0.717, 1.165) is 5.56 Å². The van der Waals surface area contributed by atoms with Crippen LogP contribution < -0.4 is 10.1 Å². The maximum atomic E-state index is 13.0. The zero-order valence-corrected chi connectivity index (χ0v) is 16.3. The van der Waals surface area contributed by atoms with Gasteiger partial charge in [0.2, 0.25) is 5.60 Å². The Balaban J connectivity index is 1.80. The number of nitrogens with zero attached hydrogens (tertiary/aromatic N) is 1. The smallest absolute Gasteiger partial charge is 0.308 e. The summed E-state index contributed by atoms with van der Waals surface area (Å²) in [5.74, 6) is -1.44. The molecule has 0 aromatic heterocycles. The van der Waals surface area contributed by atoms with Crippen LogP contribution >= 0.6 is 11.6 Å². The molecule has 0 saturated heterocycles. The molecule has 0 saturated carbocycles. The highest BCUT2D eigenvalue weighted by Crippen LogP contribution is 2.33. The first-order chi connectivity index (χ1) is 13.9. The maximum absolute atomic E-state index is 13.0. The van der Waals surface area contributed by atoms with Crippen LogP contribution in [0.2, 0.25) is 5.02 Å². The summed E-state index contributed by atoms with van der Waals surface area (Å²) in [6.07, 6.45) is 2.98. The number of hydrogen-bond acceptors (Lipinski definition) is 5. The highest BCUT2D eigenvalue weighted by Gasteiger charge is 2.48. The van der Waals surface area contributed by atoms with Crippen molar-refractivity contribution in [1.29, 1.82) is 0 Å². The number of carboxylic acids is 1. The Bertz CT molecular complexity index is 974. The molecule has 0 fully saturated rings. The van der Waals surface area contributed by atoms with Crippen LogP contribution in [0.3, 0.4) is 0 Å². The number of allylic oxidation sites excluding steroid dienone is 1. The zero-order valence-electron chi connectivity index (χ0n) is 15.6. The van der Waals surface area contributed by atoms with Crippen molar-refractivity contribution >= 4 is 41.0 Å². The van der Waals surface area contributed by atoms with Crippen LogP contribution in [0.25, 0.3) is 6.08 Å². The Hall–Kier alpha value is -3.32. The minimum atomic E-state index is -1.67. The van der Waals surface area contributed by atoms with Gasteiger partial charge in [-0.2, -0.15) is 0 Å². The quantitative estimate of drug-likeness (QED) is 0.713. The van der Waals surface area contributed by atoms with E-state index in [1.165, 1.54) is 13.2 Å². The number of carbonyl (C=O) groups is 2. The summed E-state index contributed by atoms with van der Waals surface area (Å²) in [7, 11) is 1.45. The fourth-order valence-corrected chi connectivity index (χ4v) is 3.08. The van der Waals surface area contributed by atoms with Crippen molar-refractivity contribution in [3.8, 4) is 5.75 Å². The molecule has 150 valence electrons. The molecule has 0 aliphatic carbocycles. The molecule has 1 atom stereocenters. The molecule has 0 bridgehead atoms. The lowest BCUT2D eigenvalue weighted by Crippen LogP contribution is -2.45. The summed E-state index contributed by atoms with van der Waals surface area (Å²) < 4.78 is 5.22. The first-order valence-corrected chi connectivity index (χ1v) is 9.15. The van der Waals surface area contributed by atoms with Crippen LogP contribution in [0.5, 0.6) is 5.75 Å². The number of rotatable bonds is 7. The Kier molecular flexibility index (Phi) is 6.19. The highest BCUT2D eigenvalue weighted by atomic mass is 35.5. The molecule has 0 radical (unpaired) electrons. The van der Waals surface area contributed by atoms with Crippen LogP contribution in [0, 0.1) is 0 Å². The molecular formula is C21H19ClN2O5. The van der Waals surface area contributed by atoms with E-state index < -0.39 is 23.9 Å². The summed E-state index contributed by atoms with van der Waals surface area (Å²) in [4.78, 5) is 29.7. The van der Waals surface area contributed by atoms with E-state index >= 15 is 0 Å². The Morgan fingerprint density at radius 2 is 2.03 bits per heavy atom. The standard InChI is InChI=1S/C21H19ClN2O5/c1-28-18-10-8-15(22)11-17(18)23-20(27)21(13-19(25)26)12-16(24-29-21)9-7-14-5-3-2-4-6-14/h2-11H,12-13H2,1H3,(H,23,27)(H,25,26). The third-order valence-electron chi connectivity index (χ3n) is 4.33. The lowest BCUT2D eigenvalue weighted by atomic mass is 9.92. The molecule has 2 aromatic rings. The Labute approximate surface area is 172 Å². The van der Waals surface area contributed by atoms with Gasteiger partial charge < -0.3 is 20.0 Å². The summed E-state index contributed by atoms with van der Waals surface area (Å²) in [5, 5.41) is 16.3. The number of halogens is 1.